The van der Waals surface area contributed by atoms with Crippen molar-refractivity contribution in [2.45, 2.75) is 83.8 Å². The molecule has 6 heteroatoms. The first-order chi connectivity index (χ1) is 13.3. The highest BCUT2D eigenvalue weighted by Crippen LogP contribution is 2.39. The Bertz CT molecular complexity index is 706. The molecule has 29 heavy (non-hydrogen) atoms. The first-order valence-corrected chi connectivity index (χ1v) is 13.4. The van der Waals surface area contributed by atoms with Crippen molar-refractivity contribution >= 4 is 14.4 Å². The highest BCUT2D eigenvalue weighted by atomic mass is 28.4. The second-order valence-electron chi connectivity index (χ2n) is 10.5. The van der Waals surface area contributed by atoms with Gasteiger partial charge in [-0.2, -0.15) is 0 Å². The lowest BCUT2D eigenvalue weighted by Crippen LogP contribution is -2.54. The standard InChI is InChI=1S/C23H39NO4Si/c1-22(2,3)28-21(25)24-18(15-27-29(8,9)23(4,5)6)14-17-12-10-11-13-19(17)20(24)16-26-7/h10-13,18,20H,14-16H2,1-9H3/t18-,20+/m0/s1. The van der Waals surface area contributed by atoms with Gasteiger partial charge in [0, 0.05) is 7.11 Å². The van der Waals surface area contributed by atoms with Gasteiger partial charge in [-0.05, 0) is 56.5 Å². The van der Waals surface area contributed by atoms with E-state index in [-0.39, 0.29) is 23.2 Å². The Balaban J connectivity index is 2.38. The molecule has 0 fully saturated rings. The van der Waals surface area contributed by atoms with Crippen LogP contribution in [0.25, 0.3) is 0 Å². The summed E-state index contributed by atoms with van der Waals surface area (Å²) in [4.78, 5) is 15.1. The van der Waals surface area contributed by atoms with Gasteiger partial charge in [-0.1, -0.05) is 45.0 Å². The van der Waals surface area contributed by atoms with Crippen molar-refractivity contribution in [3.05, 3.63) is 35.4 Å². The third-order valence-electron chi connectivity index (χ3n) is 5.97. The van der Waals surface area contributed by atoms with E-state index in [9.17, 15) is 4.79 Å². The molecule has 0 radical (unpaired) electrons. The summed E-state index contributed by atoms with van der Waals surface area (Å²) in [6.07, 6.45) is 0.447. The number of benzene rings is 1. The van der Waals surface area contributed by atoms with E-state index >= 15 is 0 Å². The zero-order chi connectivity index (χ0) is 22.0. The first-order valence-electron chi connectivity index (χ1n) is 10.5. The third-order valence-corrected chi connectivity index (χ3v) is 10.5. The molecule has 164 valence electrons. The van der Waals surface area contributed by atoms with Crippen LogP contribution >= 0.6 is 0 Å². The normalized spacial score (nSPS) is 20.4. The Morgan fingerprint density at radius 3 is 2.28 bits per heavy atom. The van der Waals surface area contributed by atoms with E-state index in [1.54, 1.807) is 7.11 Å². The summed E-state index contributed by atoms with van der Waals surface area (Å²) < 4.78 is 17.8. The van der Waals surface area contributed by atoms with Gasteiger partial charge in [0.15, 0.2) is 8.32 Å². The quantitative estimate of drug-likeness (QED) is 0.584. The molecule has 0 aromatic heterocycles. The average Bonchev–Trinajstić information content (AvgIpc) is 2.57. The lowest BCUT2D eigenvalue weighted by atomic mass is 9.89. The van der Waals surface area contributed by atoms with Crippen LogP contribution < -0.4 is 0 Å². The summed E-state index contributed by atoms with van der Waals surface area (Å²) in [6, 6.07) is 8.02. The Labute approximate surface area is 177 Å². The second kappa shape index (κ2) is 8.78. The summed E-state index contributed by atoms with van der Waals surface area (Å²) in [7, 11) is -0.270. The van der Waals surface area contributed by atoms with Crippen LogP contribution in [-0.2, 0) is 20.3 Å². The number of rotatable bonds is 5. The Kier molecular flexibility index (Phi) is 7.24. The number of hydrogen-bond acceptors (Lipinski definition) is 4. The largest absolute Gasteiger partial charge is 0.444 e. The zero-order valence-corrected chi connectivity index (χ0v) is 20.7. The summed E-state index contributed by atoms with van der Waals surface area (Å²) in [6.45, 7) is 17.8. The molecule has 0 unspecified atom stereocenters. The van der Waals surface area contributed by atoms with Crippen LogP contribution in [0.5, 0.6) is 0 Å². The predicted octanol–water partition coefficient (Wildman–Crippen LogP) is 5.56. The molecule has 0 aliphatic carbocycles. The molecule has 1 aliphatic rings. The van der Waals surface area contributed by atoms with Crippen molar-refractivity contribution < 1.29 is 18.7 Å². The summed E-state index contributed by atoms with van der Waals surface area (Å²) in [5.41, 5.74) is 1.82. The van der Waals surface area contributed by atoms with Gasteiger partial charge in [-0.25, -0.2) is 4.79 Å². The third kappa shape index (κ3) is 5.83. The molecule has 0 saturated heterocycles. The van der Waals surface area contributed by atoms with E-state index in [1.165, 1.54) is 5.56 Å². The topological polar surface area (TPSA) is 48.0 Å². The number of amides is 1. The van der Waals surface area contributed by atoms with E-state index < -0.39 is 13.9 Å². The van der Waals surface area contributed by atoms with E-state index in [1.807, 2.05) is 31.7 Å². The Hall–Kier alpha value is -1.37. The minimum atomic E-state index is -1.94. The highest BCUT2D eigenvalue weighted by molar-refractivity contribution is 6.74. The molecule has 5 nitrogen and oxygen atoms in total. The van der Waals surface area contributed by atoms with E-state index in [0.717, 1.165) is 12.0 Å². The molecule has 0 spiro atoms. The molecular formula is C23H39NO4Si. The van der Waals surface area contributed by atoms with Crippen molar-refractivity contribution in [1.82, 2.24) is 4.90 Å². The minimum absolute atomic E-state index is 0.0889. The van der Waals surface area contributed by atoms with Crippen molar-refractivity contribution in [1.29, 1.82) is 0 Å². The number of ether oxygens (including phenoxy) is 2. The van der Waals surface area contributed by atoms with E-state index in [4.69, 9.17) is 13.9 Å². The monoisotopic (exact) mass is 421 g/mol. The summed E-state index contributed by atoms with van der Waals surface area (Å²) in [5, 5.41) is 0.113. The van der Waals surface area contributed by atoms with Crippen LogP contribution in [0.1, 0.15) is 58.7 Å². The maximum absolute atomic E-state index is 13.2. The fraction of sp³-hybridized carbons (Fsp3) is 0.696. The van der Waals surface area contributed by atoms with Crippen molar-refractivity contribution in [3.8, 4) is 0 Å². The minimum Gasteiger partial charge on any atom is -0.444 e. The van der Waals surface area contributed by atoms with Gasteiger partial charge >= 0.3 is 6.09 Å². The SMILES string of the molecule is COC[C@@H]1c2ccccc2C[C@@H](CO[Si](C)(C)C(C)(C)C)N1C(=O)OC(C)(C)C. The van der Waals surface area contributed by atoms with Gasteiger partial charge < -0.3 is 13.9 Å². The lowest BCUT2D eigenvalue weighted by molar-refractivity contribution is -0.0188. The average molecular weight is 422 g/mol. The van der Waals surface area contributed by atoms with Crippen LogP contribution in [-0.4, -0.2) is 51.3 Å². The smallest absolute Gasteiger partial charge is 0.411 e. The number of methoxy groups -OCH3 is 1. The maximum Gasteiger partial charge on any atom is 0.411 e. The van der Waals surface area contributed by atoms with Crippen molar-refractivity contribution in [3.63, 3.8) is 0 Å². The summed E-state index contributed by atoms with van der Waals surface area (Å²) in [5.74, 6) is 0. The zero-order valence-electron chi connectivity index (χ0n) is 19.7. The molecule has 1 aromatic rings. The fourth-order valence-corrected chi connectivity index (χ4v) is 4.42. The second-order valence-corrected chi connectivity index (χ2v) is 15.3. The molecule has 0 N–H and O–H groups in total. The van der Waals surface area contributed by atoms with Crippen molar-refractivity contribution in [2.24, 2.45) is 0 Å². The van der Waals surface area contributed by atoms with E-state index in [2.05, 4.69) is 52.1 Å². The van der Waals surface area contributed by atoms with Gasteiger partial charge in [-0.15, -0.1) is 0 Å². The number of fused-ring (bicyclic) bond motifs is 1. The lowest BCUT2D eigenvalue weighted by Gasteiger charge is -2.45. The molecule has 0 saturated carbocycles. The number of carbonyl (C=O) groups excluding carboxylic acids is 1. The van der Waals surface area contributed by atoms with Crippen LogP contribution in [0.15, 0.2) is 24.3 Å². The number of hydrogen-bond donors (Lipinski definition) is 0. The Morgan fingerprint density at radius 2 is 1.72 bits per heavy atom. The van der Waals surface area contributed by atoms with Gasteiger partial charge in [0.25, 0.3) is 0 Å². The van der Waals surface area contributed by atoms with Gasteiger partial charge in [0.2, 0.25) is 0 Å². The molecule has 1 aromatic carbocycles. The molecule has 1 amide bonds. The summed E-state index contributed by atoms with van der Waals surface area (Å²) >= 11 is 0. The number of nitrogens with zero attached hydrogens (tertiary/aromatic N) is 1. The van der Waals surface area contributed by atoms with E-state index in [0.29, 0.717) is 13.2 Å². The molecule has 1 aliphatic heterocycles. The maximum atomic E-state index is 13.2. The predicted molar refractivity (Wildman–Crippen MR) is 120 cm³/mol. The van der Waals surface area contributed by atoms with Crippen LogP contribution in [0.4, 0.5) is 4.79 Å². The van der Waals surface area contributed by atoms with Gasteiger partial charge in [0.05, 0.1) is 25.3 Å². The van der Waals surface area contributed by atoms with Crippen molar-refractivity contribution in [2.75, 3.05) is 20.3 Å². The van der Waals surface area contributed by atoms with Crippen LogP contribution in [0.3, 0.4) is 0 Å². The van der Waals surface area contributed by atoms with Gasteiger partial charge in [0.1, 0.15) is 5.60 Å². The van der Waals surface area contributed by atoms with Crippen LogP contribution in [0, 0.1) is 0 Å². The molecule has 1 heterocycles. The van der Waals surface area contributed by atoms with Crippen LogP contribution in [0.2, 0.25) is 18.1 Å². The number of carbonyl (C=O) groups is 1. The molecule has 0 bridgehead atoms. The Morgan fingerprint density at radius 1 is 1.10 bits per heavy atom. The van der Waals surface area contributed by atoms with Gasteiger partial charge in [-0.3, -0.25) is 4.90 Å². The fourth-order valence-electron chi connectivity index (χ4n) is 3.38. The molecule has 2 rings (SSSR count). The first kappa shape index (κ1) is 23.9. The molecular weight excluding hydrogens is 382 g/mol. The highest BCUT2D eigenvalue weighted by Gasteiger charge is 2.42. The molecule has 2 atom stereocenters.